The summed E-state index contributed by atoms with van der Waals surface area (Å²) in [6.45, 7) is 3.50. The van der Waals surface area contributed by atoms with Gasteiger partial charge in [0.2, 0.25) is 5.91 Å². The number of fused-ring (bicyclic) bond motifs is 1. The first-order chi connectivity index (χ1) is 14.3. The molecule has 0 aliphatic carbocycles. The Balaban J connectivity index is 1.69. The van der Waals surface area contributed by atoms with Gasteiger partial charge in [-0.3, -0.25) is 14.2 Å². The number of benzene rings is 2. The molecule has 152 valence electrons. The molecule has 2 heterocycles. The molecular formula is C22H17ClFN3O2S. The lowest BCUT2D eigenvalue weighted by atomic mass is 10.1. The molecule has 1 unspecified atom stereocenters. The van der Waals surface area contributed by atoms with Gasteiger partial charge in [0, 0.05) is 21.7 Å². The number of carbonyl (C=O) groups excluding carboxylic acids is 1. The third-order valence-electron chi connectivity index (χ3n) is 4.91. The molecule has 0 aliphatic heterocycles. The number of carbonyl (C=O) groups is 1. The second kappa shape index (κ2) is 8.01. The average Bonchev–Trinajstić information content (AvgIpc) is 3.16. The van der Waals surface area contributed by atoms with Crippen molar-refractivity contribution in [3.63, 3.8) is 0 Å². The van der Waals surface area contributed by atoms with E-state index in [1.165, 1.54) is 34.4 Å². The molecule has 4 rings (SSSR count). The van der Waals surface area contributed by atoms with E-state index >= 15 is 0 Å². The fourth-order valence-corrected chi connectivity index (χ4v) is 4.19. The average molecular weight is 442 g/mol. The van der Waals surface area contributed by atoms with E-state index in [0.29, 0.717) is 32.1 Å². The minimum absolute atomic E-state index is 0.329. The molecule has 0 radical (unpaired) electrons. The molecule has 1 amide bonds. The molecule has 0 spiro atoms. The van der Waals surface area contributed by atoms with Gasteiger partial charge in [-0.25, -0.2) is 9.37 Å². The molecule has 0 saturated heterocycles. The highest BCUT2D eigenvalue weighted by atomic mass is 35.5. The minimum atomic E-state index is -0.796. The largest absolute Gasteiger partial charge is 0.324 e. The van der Waals surface area contributed by atoms with Gasteiger partial charge in [-0.1, -0.05) is 29.8 Å². The van der Waals surface area contributed by atoms with Crippen molar-refractivity contribution in [2.24, 2.45) is 0 Å². The highest BCUT2D eigenvalue weighted by Crippen LogP contribution is 2.31. The van der Waals surface area contributed by atoms with Crippen LogP contribution in [0.5, 0.6) is 0 Å². The van der Waals surface area contributed by atoms with Gasteiger partial charge >= 0.3 is 0 Å². The molecule has 0 fully saturated rings. The summed E-state index contributed by atoms with van der Waals surface area (Å²) >= 11 is 7.45. The van der Waals surface area contributed by atoms with Crippen molar-refractivity contribution in [1.82, 2.24) is 9.55 Å². The lowest BCUT2D eigenvalue weighted by Gasteiger charge is -2.15. The predicted octanol–water partition coefficient (Wildman–Crippen LogP) is 5.43. The van der Waals surface area contributed by atoms with Gasteiger partial charge in [0.1, 0.15) is 16.7 Å². The van der Waals surface area contributed by atoms with Crippen LogP contribution in [-0.4, -0.2) is 15.5 Å². The van der Waals surface area contributed by atoms with Crippen LogP contribution in [0.2, 0.25) is 5.02 Å². The van der Waals surface area contributed by atoms with Crippen molar-refractivity contribution in [2.75, 3.05) is 5.32 Å². The van der Waals surface area contributed by atoms with E-state index < -0.39 is 6.04 Å². The van der Waals surface area contributed by atoms with Crippen LogP contribution in [0.4, 0.5) is 10.1 Å². The number of nitrogens with one attached hydrogen (secondary N) is 1. The molecule has 0 aliphatic rings. The lowest BCUT2D eigenvalue weighted by Crippen LogP contribution is -2.31. The van der Waals surface area contributed by atoms with Crippen LogP contribution in [0.3, 0.4) is 0 Å². The van der Waals surface area contributed by atoms with Gasteiger partial charge in [0.25, 0.3) is 5.56 Å². The minimum Gasteiger partial charge on any atom is -0.324 e. The van der Waals surface area contributed by atoms with E-state index in [1.54, 1.807) is 31.2 Å². The Morgan fingerprint density at radius 1 is 1.23 bits per heavy atom. The zero-order valence-electron chi connectivity index (χ0n) is 16.1. The number of amides is 1. The van der Waals surface area contributed by atoms with E-state index in [9.17, 15) is 14.0 Å². The number of halogens is 2. The molecule has 30 heavy (non-hydrogen) atoms. The summed E-state index contributed by atoms with van der Waals surface area (Å²) in [4.78, 5) is 30.9. The maximum absolute atomic E-state index is 13.3. The zero-order chi connectivity index (χ0) is 21.4. The molecule has 2 aromatic heterocycles. The standard InChI is InChI=1S/C22H17ClFN3O2S/c1-12-3-8-16(9-18(12)23)26-20(28)13(2)27-11-25-21-19(22(27)29)17(10-30-21)14-4-6-15(24)7-5-14/h3-11,13H,1-2H3,(H,26,28). The number of nitrogens with zero attached hydrogens (tertiary/aromatic N) is 2. The Kier molecular flexibility index (Phi) is 5.40. The van der Waals surface area contributed by atoms with E-state index in [2.05, 4.69) is 10.3 Å². The SMILES string of the molecule is Cc1ccc(NC(=O)C(C)n2cnc3scc(-c4ccc(F)cc4)c3c2=O)cc1Cl. The van der Waals surface area contributed by atoms with E-state index in [-0.39, 0.29) is 17.3 Å². The number of anilines is 1. The Hall–Kier alpha value is -3.03. The summed E-state index contributed by atoms with van der Waals surface area (Å²) in [7, 11) is 0. The fourth-order valence-electron chi connectivity index (χ4n) is 3.11. The Bertz CT molecular complexity index is 1310. The van der Waals surface area contributed by atoms with Crippen molar-refractivity contribution >= 4 is 44.7 Å². The fraction of sp³-hybridized carbons (Fsp3) is 0.136. The monoisotopic (exact) mass is 441 g/mol. The van der Waals surface area contributed by atoms with Crippen LogP contribution in [0.25, 0.3) is 21.3 Å². The Labute approximate surface area is 180 Å². The van der Waals surface area contributed by atoms with Gasteiger partial charge in [-0.15, -0.1) is 11.3 Å². The first-order valence-electron chi connectivity index (χ1n) is 9.16. The second-order valence-electron chi connectivity index (χ2n) is 6.92. The number of thiophene rings is 1. The van der Waals surface area contributed by atoms with Crippen LogP contribution in [0, 0.1) is 12.7 Å². The summed E-state index contributed by atoms with van der Waals surface area (Å²) < 4.78 is 14.6. The molecule has 4 aromatic rings. The summed E-state index contributed by atoms with van der Waals surface area (Å²) in [6.07, 6.45) is 1.38. The topological polar surface area (TPSA) is 64.0 Å². The second-order valence-corrected chi connectivity index (χ2v) is 8.19. The summed E-state index contributed by atoms with van der Waals surface area (Å²) in [5.41, 5.74) is 2.50. The highest BCUT2D eigenvalue weighted by molar-refractivity contribution is 7.17. The van der Waals surface area contributed by atoms with E-state index in [1.807, 2.05) is 18.4 Å². The van der Waals surface area contributed by atoms with Crippen LogP contribution in [0.15, 0.2) is 59.0 Å². The number of rotatable bonds is 4. The molecule has 5 nitrogen and oxygen atoms in total. The van der Waals surface area contributed by atoms with E-state index in [4.69, 9.17) is 11.6 Å². The number of hydrogen-bond donors (Lipinski definition) is 1. The molecule has 8 heteroatoms. The Morgan fingerprint density at radius 3 is 2.67 bits per heavy atom. The number of aryl methyl sites for hydroxylation is 1. The van der Waals surface area contributed by atoms with Gasteiger partial charge in [-0.2, -0.15) is 0 Å². The molecular weight excluding hydrogens is 425 g/mol. The van der Waals surface area contributed by atoms with Crippen molar-refractivity contribution in [1.29, 1.82) is 0 Å². The quantitative estimate of drug-likeness (QED) is 0.459. The molecule has 2 aromatic carbocycles. The predicted molar refractivity (Wildman–Crippen MR) is 119 cm³/mol. The molecule has 1 N–H and O–H groups in total. The number of aromatic nitrogens is 2. The van der Waals surface area contributed by atoms with Gasteiger partial charge < -0.3 is 5.32 Å². The molecule has 1 atom stereocenters. The van der Waals surface area contributed by atoms with Crippen LogP contribution in [0.1, 0.15) is 18.5 Å². The first-order valence-corrected chi connectivity index (χ1v) is 10.4. The van der Waals surface area contributed by atoms with Gasteiger partial charge in [0.05, 0.1) is 11.7 Å². The van der Waals surface area contributed by atoms with E-state index in [0.717, 1.165) is 5.56 Å². The summed E-state index contributed by atoms with van der Waals surface area (Å²) in [6, 6.07) is 10.3. The normalized spacial score (nSPS) is 12.1. The van der Waals surface area contributed by atoms with Crippen molar-refractivity contribution in [3.05, 3.63) is 80.9 Å². The first kappa shape index (κ1) is 20.3. The number of hydrogen-bond acceptors (Lipinski definition) is 4. The zero-order valence-corrected chi connectivity index (χ0v) is 17.7. The van der Waals surface area contributed by atoms with Gasteiger partial charge in [0.15, 0.2) is 0 Å². The van der Waals surface area contributed by atoms with Crippen molar-refractivity contribution in [3.8, 4) is 11.1 Å². The van der Waals surface area contributed by atoms with Crippen LogP contribution < -0.4 is 10.9 Å². The maximum atomic E-state index is 13.3. The van der Waals surface area contributed by atoms with Gasteiger partial charge in [-0.05, 0) is 49.2 Å². The lowest BCUT2D eigenvalue weighted by molar-refractivity contribution is -0.118. The summed E-state index contributed by atoms with van der Waals surface area (Å²) in [5.74, 6) is -0.716. The third-order valence-corrected chi connectivity index (χ3v) is 6.20. The molecule has 0 bridgehead atoms. The highest BCUT2D eigenvalue weighted by Gasteiger charge is 2.20. The van der Waals surface area contributed by atoms with Crippen molar-refractivity contribution in [2.45, 2.75) is 19.9 Å². The maximum Gasteiger partial charge on any atom is 0.263 e. The smallest absolute Gasteiger partial charge is 0.263 e. The van der Waals surface area contributed by atoms with Crippen molar-refractivity contribution < 1.29 is 9.18 Å². The summed E-state index contributed by atoms with van der Waals surface area (Å²) in [5, 5.41) is 5.55. The van der Waals surface area contributed by atoms with Crippen LogP contribution >= 0.6 is 22.9 Å². The Morgan fingerprint density at radius 2 is 1.97 bits per heavy atom. The molecule has 0 saturated carbocycles. The third kappa shape index (κ3) is 3.74. The van der Waals surface area contributed by atoms with Crippen LogP contribution in [-0.2, 0) is 4.79 Å².